The lowest BCUT2D eigenvalue weighted by Crippen LogP contribution is -2.09. The molecule has 100 valence electrons. The Morgan fingerprint density at radius 3 is 2.63 bits per heavy atom. The minimum absolute atomic E-state index is 0.472. The molecule has 0 amide bonds. The Labute approximate surface area is 116 Å². The summed E-state index contributed by atoms with van der Waals surface area (Å²) in [6, 6.07) is 7.66. The molecule has 1 aromatic carbocycles. The normalized spacial score (nSPS) is 10.3. The number of hydrogen-bond acceptors (Lipinski definition) is 6. The van der Waals surface area contributed by atoms with Crippen molar-refractivity contribution in [3.63, 3.8) is 0 Å². The molecule has 0 aliphatic carbocycles. The monoisotopic (exact) mass is 276 g/mol. The highest BCUT2D eigenvalue weighted by Crippen LogP contribution is 2.26. The fourth-order valence-electron chi connectivity index (χ4n) is 1.65. The Kier molecular flexibility index (Phi) is 4.24. The molecule has 0 saturated carbocycles. The predicted octanol–water partition coefficient (Wildman–Crippen LogP) is 2.89. The van der Waals surface area contributed by atoms with E-state index in [-0.39, 0.29) is 0 Å². The number of nitrogens with two attached hydrogens (primary N) is 1. The first kappa shape index (κ1) is 13.6. The quantitative estimate of drug-likeness (QED) is 0.387. The summed E-state index contributed by atoms with van der Waals surface area (Å²) >= 11 is 1.43. The maximum atomic E-state index is 5.79. The van der Waals surface area contributed by atoms with E-state index in [9.17, 15) is 0 Å². The second kappa shape index (κ2) is 5.90. The molecule has 1 heterocycles. The fraction of sp³-hybridized carbons (Fsp3) is 0.231. The van der Waals surface area contributed by atoms with Crippen LogP contribution in [0.1, 0.15) is 11.1 Å². The largest absolute Gasteiger partial charge is 0.439 e. The van der Waals surface area contributed by atoms with Crippen molar-refractivity contribution in [2.24, 2.45) is 5.84 Å². The van der Waals surface area contributed by atoms with Crippen LogP contribution in [0.15, 0.2) is 29.4 Å². The smallest absolute Gasteiger partial charge is 0.225 e. The van der Waals surface area contributed by atoms with Gasteiger partial charge < -0.3 is 10.2 Å². The molecule has 0 aliphatic rings. The Morgan fingerprint density at radius 1 is 1.21 bits per heavy atom. The van der Waals surface area contributed by atoms with Crippen LogP contribution < -0.4 is 16.0 Å². The number of nitrogens with zero attached hydrogens (tertiary/aromatic N) is 2. The molecule has 0 atom stereocenters. The van der Waals surface area contributed by atoms with Crippen molar-refractivity contribution in [1.82, 2.24) is 9.97 Å². The third-order valence-corrected chi connectivity index (χ3v) is 3.11. The third kappa shape index (κ3) is 3.36. The van der Waals surface area contributed by atoms with Crippen LogP contribution >= 0.6 is 11.8 Å². The van der Waals surface area contributed by atoms with E-state index in [4.69, 9.17) is 10.6 Å². The van der Waals surface area contributed by atoms with Gasteiger partial charge in [-0.3, -0.25) is 0 Å². The van der Waals surface area contributed by atoms with Gasteiger partial charge in [-0.05, 0) is 31.7 Å². The van der Waals surface area contributed by atoms with Crippen LogP contribution in [0.5, 0.6) is 11.6 Å². The molecule has 5 nitrogen and oxygen atoms in total. The molecule has 6 heteroatoms. The summed E-state index contributed by atoms with van der Waals surface area (Å²) in [5.74, 6) is 7.16. The van der Waals surface area contributed by atoms with Crippen molar-refractivity contribution in [3.8, 4) is 11.6 Å². The van der Waals surface area contributed by atoms with Gasteiger partial charge >= 0.3 is 0 Å². The Bertz CT molecular complexity index is 567. The number of anilines is 1. The van der Waals surface area contributed by atoms with E-state index in [1.54, 1.807) is 6.07 Å². The number of rotatable bonds is 4. The highest BCUT2D eigenvalue weighted by atomic mass is 32.2. The van der Waals surface area contributed by atoms with Crippen molar-refractivity contribution in [3.05, 3.63) is 35.4 Å². The van der Waals surface area contributed by atoms with Gasteiger partial charge in [-0.25, -0.2) is 10.8 Å². The number of ether oxygens (including phenoxy) is 1. The number of thioether (sulfide) groups is 1. The zero-order chi connectivity index (χ0) is 13.8. The molecule has 0 spiro atoms. The molecule has 19 heavy (non-hydrogen) atoms. The van der Waals surface area contributed by atoms with Crippen LogP contribution in [0, 0.1) is 13.8 Å². The molecule has 0 bridgehead atoms. The van der Waals surface area contributed by atoms with Crippen LogP contribution in [-0.4, -0.2) is 16.2 Å². The summed E-state index contributed by atoms with van der Waals surface area (Å²) in [5, 5.41) is 0.607. The fourth-order valence-corrected chi connectivity index (χ4v) is 2.02. The second-order valence-corrected chi connectivity index (χ2v) is 4.87. The van der Waals surface area contributed by atoms with E-state index in [0.29, 0.717) is 16.9 Å². The lowest BCUT2D eigenvalue weighted by Gasteiger charge is -2.10. The first-order valence-corrected chi connectivity index (χ1v) is 6.99. The maximum absolute atomic E-state index is 5.79. The van der Waals surface area contributed by atoms with Gasteiger partial charge in [-0.15, -0.1) is 0 Å². The SMILES string of the molecule is CSc1nc(NN)cc(Oc2ccc(C)cc2C)n1. The molecule has 2 aromatic rings. The zero-order valence-electron chi connectivity index (χ0n) is 11.1. The number of hydrogen-bond donors (Lipinski definition) is 2. The standard InChI is InChI=1S/C13H16N4OS/c1-8-4-5-10(9(2)6-8)18-12-7-11(17-14)15-13(16-12)19-3/h4-7H,14H2,1-3H3,(H,15,16,17). The van der Waals surface area contributed by atoms with Gasteiger partial charge in [0.25, 0.3) is 0 Å². The van der Waals surface area contributed by atoms with Gasteiger partial charge in [-0.2, -0.15) is 4.98 Å². The predicted molar refractivity (Wildman–Crippen MR) is 77.6 cm³/mol. The van der Waals surface area contributed by atoms with Crippen molar-refractivity contribution in [2.75, 3.05) is 11.7 Å². The highest BCUT2D eigenvalue weighted by Gasteiger charge is 2.07. The van der Waals surface area contributed by atoms with E-state index in [1.165, 1.54) is 17.3 Å². The van der Waals surface area contributed by atoms with Gasteiger partial charge in [0.15, 0.2) is 5.16 Å². The number of benzene rings is 1. The van der Waals surface area contributed by atoms with E-state index in [2.05, 4.69) is 21.5 Å². The van der Waals surface area contributed by atoms with Crippen LogP contribution in [0.2, 0.25) is 0 Å². The van der Waals surface area contributed by atoms with Gasteiger partial charge in [0.05, 0.1) is 0 Å². The molecule has 0 saturated heterocycles. The van der Waals surface area contributed by atoms with Gasteiger partial charge in [0, 0.05) is 6.07 Å². The highest BCUT2D eigenvalue weighted by molar-refractivity contribution is 7.98. The first-order chi connectivity index (χ1) is 9.12. The second-order valence-electron chi connectivity index (χ2n) is 4.09. The molecule has 0 unspecified atom stereocenters. The Morgan fingerprint density at radius 2 is 2.00 bits per heavy atom. The summed E-state index contributed by atoms with van der Waals surface area (Å²) in [6.07, 6.45) is 1.90. The van der Waals surface area contributed by atoms with Crippen molar-refractivity contribution >= 4 is 17.6 Å². The van der Waals surface area contributed by atoms with E-state index in [0.717, 1.165) is 11.3 Å². The molecule has 0 aliphatic heterocycles. The van der Waals surface area contributed by atoms with Crippen LogP contribution in [-0.2, 0) is 0 Å². The van der Waals surface area contributed by atoms with Crippen LogP contribution in [0.3, 0.4) is 0 Å². The lowest BCUT2D eigenvalue weighted by molar-refractivity contribution is 0.452. The topological polar surface area (TPSA) is 73.1 Å². The van der Waals surface area contributed by atoms with E-state index < -0.39 is 0 Å². The molecule has 3 N–H and O–H groups in total. The zero-order valence-corrected chi connectivity index (χ0v) is 11.9. The van der Waals surface area contributed by atoms with Crippen molar-refractivity contribution in [2.45, 2.75) is 19.0 Å². The Balaban J connectivity index is 2.31. The van der Waals surface area contributed by atoms with Crippen molar-refractivity contribution in [1.29, 1.82) is 0 Å². The van der Waals surface area contributed by atoms with Crippen molar-refractivity contribution < 1.29 is 4.74 Å². The summed E-state index contributed by atoms with van der Waals surface area (Å²) < 4.78 is 5.79. The maximum Gasteiger partial charge on any atom is 0.225 e. The lowest BCUT2D eigenvalue weighted by atomic mass is 10.1. The molecular formula is C13H16N4OS. The number of hydrazine groups is 1. The van der Waals surface area contributed by atoms with E-state index in [1.807, 2.05) is 32.2 Å². The number of nitrogen functional groups attached to an aromatic ring is 1. The van der Waals surface area contributed by atoms with Gasteiger partial charge in [0.1, 0.15) is 11.6 Å². The van der Waals surface area contributed by atoms with Gasteiger partial charge in [0.2, 0.25) is 5.88 Å². The number of aryl methyl sites for hydroxylation is 2. The average molecular weight is 276 g/mol. The summed E-state index contributed by atoms with van der Waals surface area (Å²) in [4.78, 5) is 8.48. The third-order valence-electron chi connectivity index (χ3n) is 2.56. The van der Waals surface area contributed by atoms with Crippen LogP contribution in [0.4, 0.5) is 5.82 Å². The first-order valence-electron chi connectivity index (χ1n) is 5.77. The number of aromatic nitrogens is 2. The molecule has 0 radical (unpaired) electrons. The summed E-state index contributed by atoms with van der Waals surface area (Å²) in [7, 11) is 0. The molecular weight excluding hydrogens is 260 g/mol. The summed E-state index contributed by atoms with van der Waals surface area (Å²) in [6.45, 7) is 4.05. The van der Waals surface area contributed by atoms with E-state index >= 15 is 0 Å². The molecule has 1 aromatic heterocycles. The average Bonchev–Trinajstić information content (AvgIpc) is 2.41. The van der Waals surface area contributed by atoms with Gasteiger partial charge in [-0.1, -0.05) is 29.5 Å². The minimum atomic E-state index is 0.472. The minimum Gasteiger partial charge on any atom is -0.439 e. The number of nitrogens with one attached hydrogen (secondary N) is 1. The van der Waals surface area contributed by atoms with Crippen LogP contribution in [0.25, 0.3) is 0 Å². The summed E-state index contributed by atoms with van der Waals surface area (Å²) in [5.41, 5.74) is 4.76. The molecule has 0 fully saturated rings. The molecule has 2 rings (SSSR count). The Hall–Kier alpha value is -1.79.